The van der Waals surface area contributed by atoms with Gasteiger partial charge in [-0.15, -0.1) is 0 Å². The van der Waals surface area contributed by atoms with Crippen LogP contribution in [-0.2, 0) is 4.79 Å². The number of phenolic OH excluding ortho intramolecular Hbond substituents is 4. The Kier molecular flexibility index (Phi) is 8.25. The Morgan fingerprint density at radius 1 is 0.647 bits per heavy atom. The van der Waals surface area contributed by atoms with Gasteiger partial charge in [-0.3, -0.25) is 9.59 Å². The number of aliphatic hydroxyl groups is 1. The van der Waals surface area contributed by atoms with Crippen LogP contribution in [0, 0.1) is 33.6 Å². The molecule has 10 nitrogen and oxygen atoms in total. The summed E-state index contributed by atoms with van der Waals surface area (Å²) in [5, 5.41) is 69.0. The molecule has 1 aliphatic carbocycles. The Morgan fingerprint density at radius 3 is 1.88 bits per heavy atom. The van der Waals surface area contributed by atoms with Gasteiger partial charge >= 0.3 is 5.63 Å². The lowest BCUT2D eigenvalue weighted by Gasteiger charge is -2.28. The Bertz CT molecular complexity index is 2530. The molecule has 0 aliphatic heterocycles. The molecule has 0 spiro atoms. The molecule has 4 aromatic carbocycles. The lowest BCUT2D eigenvalue weighted by molar-refractivity contribution is -0.112. The van der Waals surface area contributed by atoms with Crippen LogP contribution in [0.4, 0.5) is 0 Å². The highest BCUT2D eigenvalue weighted by molar-refractivity contribution is 6.37. The Hall–Kier alpha value is -6.03. The number of fused-ring (bicyclic) bond motifs is 3. The third-order valence-corrected chi connectivity index (χ3v) is 9.73. The SMILES string of the molecule is Cc1cc(C)c2c(O)c(/C=C3\C(=O)C(O)=C(C(C)C)c4cc(C)c(-c5c(C)cc6c(C(C)C)c(O)c(O)c(C=O)c6c5O)c(O)c43)c(=O)oc2c1. The standard InChI is InChI=1S/C41H38O10/c1-15(2)27-21-11-19(7)30(31-20(8)12-22-28(16(3)4)40(49)36(45)25(14-42)33(22)38(31)47)37(46)32(21)23(35(44)39(27)48)13-24-34(43)29-18(6)9-17(5)10-26(29)51-41(24)50/h9-16,43,45-49H,1-8H3/b23-13-. The zero-order chi connectivity index (χ0) is 37.5. The normalized spacial score (nSPS) is 14.1. The summed E-state index contributed by atoms with van der Waals surface area (Å²) in [6.45, 7) is 14.0. The maximum Gasteiger partial charge on any atom is 0.347 e. The van der Waals surface area contributed by atoms with E-state index >= 15 is 0 Å². The zero-order valence-corrected chi connectivity index (χ0v) is 29.4. The first-order valence-electron chi connectivity index (χ1n) is 16.5. The largest absolute Gasteiger partial charge is 0.507 e. The second-order valence-corrected chi connectivity index (χ2v) is 13.9. The van der Waals surface area contributed by atoms with Crippen molar-refractivity contribution in [3.05, 3.63) is 90.5 Å². The van der Waals surface area contributed by atoms with Crippen LogP contribution in [0.5, 0.6) is 28.7 Å². The highest BCUT2D eigenvalue weighted by atomic mass is 16.4. The van der Waals surface area contributed by atoms with Crippen molar-refractivity contribution in [3.8, 4) is 39.9 Å². The molecule has 1 heterocycles. The van der Waals surface area contributed by atoms with Crippen molar-refractivity contribution in [2.75, 3.05) is 0 Å². The molecule has 10 heteroatoms. The van der Waals surface area contributed by atoms with Gasteiger partial charge in [0.05, 0.1) is 10.9 Å². The second-order valence-electron chi connectivity index (χ2n) is 13.9. The topological polar surface area (TPSA) is 186 Å². The van der Waals surface area contributed by atoms with E-state index in [1.54, 1.807) is 72.7 Å². The van der Waals surface area contributed by atoms with Gasteiger partial charge in [0.25, 0.3) is 0 Å². The van der Waals surface area contributed by atoms with Crippen molar-refractivity contribution in [2.45, 2.75) is 61.3 Å². The minimum atomic E-state index is -0.953. The van der Waals surface area contributed by atoms with Gasteiger partial charge in [-0.1, -0.05) is 45.9 Å². The summed E-state index contributed by atoms with van der Waals surface area (Å²) in [6, 6.07) is 6.68. The minimum Gasteiger partial charge on any atom is -0.507 e. The van der Waals surface area contributed by atoms with Gasteiger partial charge in [0, 0.05) is 38.8 Å². The van der Waals surface area contributed by atoms with Crippen molar-refractivity contribution >= 4 is 51.0 Å². The molecule has 262 valence electrons. The van der Waals surface area contributed by atoms with Gasteiger partial charge in [0.15, 0.2) is 23.5 Å². The van der Waals surface area contributed by atoms with Crippen LogP contribution in [0.2, 0.25) is 0 Å². The maximum absolute atomic E-state index is 14.0. The number of rotatable bonds is 5. The minimum absolute atomic E-state index is 0.0438. The molecular formula is C41H38O10. The Labute approximate surface area is 292 Å². The van der Waals surface area contributed by atoms with E-state index in [1.807, 2.05) is 6.92 Å². The lowest BCUT2D eigenvalue weighted by Crippen LogP contribution is -2.19. The van der Waals surface area contributed by atoms with E-state index in [0.717, 1.165) is 11.6 Å². The summed E-state index contributed by atoms with van der Waals surface area (Å²) >= 11 is 0. The molecule has 0 bridgehead atoms. The summed E-state index contributed by atoms with van der Waals surface area (Å²) in [5.41, 5.74) is 1.35. The van der Waals surface area contributed by atoms with Crippen molar-refractivity contribution in [2.24, 2.45) is 5.92 Å². The first-order chi connectivity index (χ1) is 23.9. The van der Waals surface area contributed by atoms with E-state index in [2.05, 4.69) is 0 Å². The summed E-state index contributed by atoms with van der Waals surface area (Å²) in [6.07, 6.45) is 1.41. The molecule has 0 atom stereocenters. The lowest BCUT2D eigenvalue weighted by atomic mass is 9.76. The highest BCUT2D eigenvalue weighted by Crippen LogP contribution is 2.54. The van der Waals surface area contributed by atoms with E-state index in [0.29, 0.717) is 39.5 Å². The molecule has 5 aromatic rings. The predicted octanol–water partition coefficient (Wildman–Crippen LogP) is 8.36. The third-order valence-electron chi connectivity index (χ3n) is 9.73. The number of ketones is 1. The molecule has 1 aromatic heterocycles. The number of aliphatic hydroxyl groups excluding tert-OH is 1. The predicted molar refractivity (Wildman–Crippen MR) is 196 cm³/mol. The number of Topliss-reactive ketones (excluding diaryl/α,β-unsaturated/α-hetero) is 1. The van der Waals surface area contributed by atoms with Crippen LogP contribution in [0.15, 0.2) is 39.2 Å². The number of carbonyl (C=O) groups is 2. The maximum atomic E-state index is 14.0. The van der Waals surface area contributed by atoms with E-state index in [-0.39, 0.29) is 61.2 Å². The molecule has 0 fully saturated rings. The summed E-state index contributed by atoms with van der Waals surface area (Å²) in [4.78, 5) is 39.6. The number of phenols is 4. The van der Waals surface area contributed by atoms with E-state index in [9.17, 15) is 45.0 Å². The molecule has 6 N–H and O–H groups in total. The Morgan fingerprint density at radius 2 is 1.27 bits per heavy atom. The summed E-state index contributed by atoms with van der Waals surface area (Å²) < 4.78 is 5.56. The fraction of sp³-hybridized carbons (Fsp3) is 0.244. The quantitative estimate of drug-likeness (QED) is 0.0453. The van der Waals surface area contributed by atoms with Gasteiger partial charge < -0.3 is 35.1 Å². The van der Waals surface area contributed by atoms with Crippen LogP contribution in [0.3, 0.4) is 0 Å². The van der Waals surface area contributed by atoms with E-state index in [1.165, 1.54) is 0 Å². The third kappa shape index (κ3) is 5.04. The van der Waals surface area contributed by atoms with Crippen molar-refractivity contribution in [3.63, 3.8) is 0 Å². The number of hydrogen-bond acceptors (Lipinski definition) is 10. The van der Waals surface area contributed by atoms with E-state index < -0.39 is 51.8 Å². The molecule has 0 unspecified atom stereocenters. The molecule has 0 amide bonds. The number of aldehydes is 1. The van der Waals surface area contributed by atoms with Crippen LogP contribution in [-0.4, -0.2) is 42.7 Å². The molecule has 6 rings (SSSR count). The summed E-state index contributed by atoms with van der Waals surface area (Å²) in [7, 11) is 0. The Balaban J connectivity index is 1.75. The highest BCUT2D eigenvalue weighted by Gasteiger charge is 2.37. The van der Waals surface area contributed by atoms with Crippen LogP contribution < -0.4 is 5.63 Å². The fourth-order valence-electron chi connectivity index (χ4n) is 7.59. The fourth-order valence-corrected chi connectivity index (χ4v) is 7.59. The van der Waals surface area contributed by atoms with Crippen molar-refractivity contribution in [1.82, 2.24) is 0 Å². The zero-order valence-electron chi connectivity index (χ0n) is 29.4. The first-order valence-corrected chi connectivity index (χ1v) is 16.5. The molecule has 0 saturated heterocycles. The van der Waals surface area contributed by atoms with Gasteiger partial charge in [0.1, 0.15) is 28.4 Å². The number of benzene rings is 4. The van der Waals surface area contributed by atoms with Crippen molar-refractivity contribution < 1.29 is 44.6 Å². The van der Waals surface area contributed by atoms with Gasteiger partial charge in [-0.25, -0.2) is 4.79 Å². The number of aryl methyl sites for hydroxylation is 4. The summed E-state index contributed by atoms with van der Waals surface area (Å²) in [5.74, 6) is -4.81. The molecule has 0 saturated carbocycles. The van der Waals surface area contributed by atoms with Crippen molar-refractivity contribution in [1.29, 1.82) is 0 Å². The smallest absolute Gasteiger partial charge is 0.347 e. The average molecular weight is 691 g/mol. The van der Waals surface area contributed by atoms with Crippen LogP contribution >= 0.6 is 0 Å². The molecule has 0 radical (unpaired) electrons. The van der Waals surface area contributed by atoms with Crippen LogP contribution in [0.1, 0.15) is 88.5 Å². The number of allylic oxidation sites excluding steroid dienone is 2. The van der Waals surface area contributed by atoms with Gasteiger partial charge in [-0.2, -0.15) is 0 Å². The average Bonchev–Trinajstić information content (AvgIpc) is 3.02. The van der Waals surface area contributed by atoms with E-state index in [4.69, 9.17) is 4.42 Å². The van der Waals surface area contributed by atoms with Crippen LogP contribution in [0.25, 0.3) is 50.1 Å². The monoisotopic (exact) mass is 690 g/mol. The number of carbonyl (C=O) groups excluding carboxylic acids is 2. The molecular weight excluding hydrogens is 652 g/mol. The molecule has 51 heavy (non-hydrogen) atoms. The number of aromatic hydroxyl groups is 5. The molecule has 1 aliphatic rings. The second kappa shape index (κ2) is 12.1. The van der Waals surface area contributed by atoms with Gasteiger partial charge in [-0.05, 0) is 84.9 Å². The van der Waals surface area contributed by atoms with Gasteiger partial charge in [0.2, 0.25) is 5.78 Å². The number of hydrogen-bond donors (Lipinski definition) is 6. The first kappa shape index (κ1) is 34.8.